The third kappa shape index (κ3) is 5.34. The maximum absolute atomic E-state index is 3.71. The molecule has 2 atom stereocenters. The van der Waals surface area contributed by atoms with Gasteiger partial charge in [-0.05, 0) is 43.6 Å². The van der Waals surface area contributed by atoms with Crippen molar-refractivity contribution in [3.8, 4) is 0 Å². The first-order chi connectivity index (χ1) is 7.53. The van der Waals surface area contributed by atoms with E-state index in [0.29, 0.717) is 5.41 Å². The van der Waals surface area contributed by atoms with Crippen molar-refractivity contribution in [2.24, 2.45) is 11.3 Å². The lowest BCUT2D eigenvalue weighted by atomic mass is 9.82. The summed E-state index contributed by atoms with van der Waals surface area (Å²) in [5.41, 5.74) is 0.503. The van der Waals surface area contributed by atoms with Crippen LogP contribution in [0.2, 0.25) is 0 Å². The summed E-state index contributed by atoms with van der Waals surface area (Å²) in [5, 5.41) is 3.71. The van der Waals surface area contributed by atoms with Gasteiger partial charge in [-0.25, -0.2) is 0 Å². The van der Waals surface area contributed by atoms with E-state index in [9.17, 15) is 0 Å². The predicted molar refractivity (Wildman–Crippen MR) is 72.7 cm³/mol. The molecular formula is C15H31N. The van der Waals surface area contributed by atoms with Gasteiger partial charge in [0.05, 0.1) is 0 Å². The Morgan fingerprint density at radius 3 is 2.38 bits per heavy atom. The van der Waals surface area contributed by atoms with E-state index in [1.54, 1.807) is 0 Å². The van der Waals surface area contributed by atoms with Crippen LogP contribution in [-0.4, -0.2) is 12.6 Å². The van der Waals surface area contributed by atoms with Crippen LogP contribution in [0.25, 0.3) is 0 Å². The Morgan fingerprint density at radius 2 is 1.75 bits per heavy atom. The molecule has 0 amide bonds. The van der Waals surface area contributed by atoms with E-state index in [0.717, 1.165) is 18.5 Å². The Labute approximate surface area is 102 Å². The van der Waals surface area contributed by atoms with E-state index in [2.05, 4.69) is 33.0 Å². The van der Waals surface area contributed by atoms with Gasteiger partial charge in [0.1, 0.15) is 0 Å². The van der Waals surface area contributed by atoms with Crippen molar-refractivity contribution in [2.75, 3.05) is 6.54 Å². The minimum atomic E-state index is 0.503. The van der Waals surface area contributed by atoms with Crippen molar-refractivity contribution in [1.82, 2.24) is 5.32 Å². The standard InChI is InChI=1S/C15H31N/c1-5-16-14-10-8-6-7-9-13(14)11-12-15(2,3)4/h13-14,16H,5-12H2,1-4H3. The van der Waals surface area contributed by atoms with Crippen molar-refractivity contribution in [1.29, 1.82) is 0 Å². The molecule has 96 valence electrons. The Hall–Kier alpha value is -0.0400. The van der Waals surface area contributed by atoms with Crippen LogP contribution in [0.3, 0.4) is 0 Å². The lowest BCUT2D eigenvalue weighted by Gasteiger charge is -2.29. The van der Waals surface area contributed by atoms with Crippen LogP contribution in [0.4, 0.5) is 0 Å². The summed E-state index contributed by atoms with van der Waals surface area (Å²) in [7, 11) is 0. The maximum Gasteiger partial charge on any atom is 0.00952 e. The zero-order valence-electron chi connectivity index (χ0n) is 11.8. The lowest BCUT2D eigenvalue weighted by molar-refractivity contribution is 0.264. The zero-order valence-corrected chi connectivity index (χ0v) is 11.8. The van der Waals surface area contributed by atoms with E-state index in [1.165, 1.54) is 44.9 Å². The van der Waals surface area contributed by atoms with Crippen LogP contribution in [0.1, 0.15) is 72.6 Å². The van der Waals surface area contributed by atoms with Gasteiger partial charge >= 0.3 is 0 Å². The van der Waals surface area contributed by atoms with Crippen LogP contribution in [0.15, 0.2) is 0 Å². The third-order valence-corrected chi connectivity index (χ3v) is 3.89. The quantitative estimate of drug-likeness (QED) is 0.701. The largest absolute Gasteiger partial charge is 0.314 e. The van der Waals surface area contributed by atoms with E-state index in [-0.39, 0.29) is 0 Å². The molecule has 1 nitrogen and oxygen atoms in total. The van der Waals surface area contributed by atoms with Gasteiger partial charge in [0.2, 0.25) is 0 Å². The van der Waals surface area contributed by atoms with Gasteiger partial charge in [-0.2, -0.15) is 0 Å². The Morgan fingerprint density at radius 1 is 1.06 bits per heavy atom. The average Bonchev–Trinajstić information content (AvgIpc) is 2.40. The molecule has 0 spiro atoms. The van der Waals surface area contributed by atoms with Crippen molar-refractivity contribution >= 4 is 0 Å². The van der Waals surface area contributed by atoms with Crippen molar-refractivity contribution in [3.05, 3.63) is 0 Å². The number of nitrogens with one attached hydrogen (secondary N) is 1. The molecule has 1 heteroatoms. The molecule has 0 aliphatic heterocycles. The molecule has 1 aliphatic rings. The van der Waals surface area contributed by atoms with Gasteiger partial charge in [-0.1, -0.05) is 47.0 Å². The number of rotatable bonds is 4. The first-order valence-corrected chi connectivity index (χ1v) is 7.26. The average molecular weight is 225 g/mol. The van der Waals surface area contributed by atoms with Crippen LogP contribution in [0, 0.1) is 11.3 Å². The zero-order chi connectivity index (χ0) is 12.0. The summed E-state index contributed by atoms with van der Waals surface area (Å²) < 4.78 is 0. The van der Waals surface area contributed by atoms with Crippen molar-refractivity contribution in [3.63, 3.8) is 0 Å². The molecule has 1 saturated carbocycles. The van der Waals surface area contributed by atoms with Gasteiger partial charge in [0.15, 0.2) is 0 Å². The van der Waals surface area contributed by atoms with Gasteiger partial charge in [-0.3, -0.25) is 0 Å². The minimum Gasteiger partial charge on any atom is -0.314 e. The van der Waals surface area contributed by atoms with Crippen molar-refractivity contribution < 1.29 is 0 Å². The van der Waals surface area contributed by atoms with E-state index < -0.39 is 0 Å². The highest BCUT2D eigenvalue weighted by atomic mass is 14.9. The topological polar surface area (TPSA) is 12.0 Å². The van der Waals surface area contributed by atoms with Gasteiger partial charge in [0, 0.05) is 6.04 Å². The normalized spacial score (nSPS) is 27.8. The molecule has 0 bridgehead atoms. The Bertz CT molecular complexity index is 180. The molecular weight excluding hydrogens is 194 g/mol. The molecule has 2 unspecified atom stereocenters. The Balaban J connectivity index is 2.44. The van der Waals surface area contributed by atoms with Crippen molar-refractivity contribution in [2.45, 2.75) is 78.7 Å². The predicted octanol–water partition coefficient (Wildman–Crippen LogP) is 4.37. The fourth-order valence-electron chi connectivity index (χ4n) is 2.88. The molecule has 1 aliphatic carbocycles. The first-order valence-electron chi connectivity index (χ1n) is 7.26. The highest BCUT2D eigenvalue weighted by Crippen LogP contribution is 2.31. The number of hydrogen-bond acceptors (Lipinski definition) is 1. The summed E-state index contributed by atoms with van der Waals surface area (Å²) in [6.07, 6.45) is 9.99. The molecule has 0 aromatic rings. The molecule has 0 radical (unpaired) electrons. The maximum atomic E-state index is 3.71. The lowest BCUT2D eigenvalue weighted by Crippen LogP contribution is -2.35. The molecule has 16 heavy (non-hydrogen) atoms. The summed E-state index contributed by atoms with van der Waals surface area (Å²) >= 11 is 0. The highest BCUT2D eigenvalue weighted by Gasteiger charge is 2.24. The van der Waals surface area contributed by atoms with Crippen LogP contribution >= 0.6 is 0 Å². The van der Waals surface area contributed by atoms with Crippen LogP contribution in [-0.2, 0) is 0 Å². The summed E-state index contributed by atoms with van der Waals surface area (Å²) in [6, 6.07) is 0.801. The fourth-order valence-corrected chi connectivity index (χ4v) is 2.88. The third-order valence-electron chi connectivity index (χ3n) is 3.89. The molecule has 0 aromatic carbocycles. The van der Waals surface area contributed by atoms with Gasteiger partial charge in [0.25, 0.3) is 0 Å². The van der Waals surface area contributed by atoms with Crippen LogP contribution < -0.4 is 5.32 Å². The molecule has 0 saturated heterocycles. The fraction of sp³-hybridized carbons (Fsp3) is 1.00. The van der Waals surface area contributed by atoms with Gasteiger partial charge < -0.3 is 5.32 Å². The first kappa shape index (κ1) is 14.0. The Kier molecular flexibility index (Phi) is 5.82. The van der Waals surface area contributed by atoms with Gasteiger partial charge in [-0.15, -0.1) is 0 Å². The van der Waals surface area contributed by atoms with E-state index in [4.69, 9.17) is 0 Å². The second-order valence-corrected chi connectivity index (χ2v) is 6.66. The molecule has 0 aromatic heterocycles. The second kappa shape index (κ2) is 6.64. The smallest absolute Gasteiger partial charge is 0.00952 e. The SMILES string of the molecule is CCNC1CCCCCC1CCC(C)(C)C. The molecule has 1 rings (SSSR count). The second-order valence-electron chi connectivity index (χ2n) is 6.66. The highest BCUT2D eigenvalue weighted by molar-refractivity contribution is 4.80. The summed E-state index contributed by atoms with van der Waals surface area (Å²) in [4.78, 5) is 0. The summed E-state index contributed by atoms with van der Waals surface area (Å²) in [6.45, 7) is 10.5. The van der Waals surface area contributed by atoms with E-state index in [1.807, 2.05) is 0 Å². The van der Waals surface area contributed by atoms with Crippen LogP contribution in [0.5, 0.6) is 0 Å². The monoisotopic (exact) mass is 225 g/mol. The van der Waals surface area contributed by atoms with E-state index >= 15 is 0 Å². The number of hydrogen-bond donors (Lipinski definition) is 1. The molecule has 0 heterocycles. The molecule has 1 fully saturated rings. The minimum absolute atomic E-state index is 0.503. The molecule has 1 N–H and O–H groups in total. The summed E-state index contributed by atoms with van der Waals surface area (Å²) in [5.74, 6) is 0.932.